The quantitative estimate of drug-likeness (QED) is 0.505. The molecule has 1 atom stereocenters. The maximum Gasteiger partial charge on any atom is 0.255 e. The van der Waals surface area contributed by atoms with Gasteiger partial charge in [-0.3, -0.25) is 9.59 Å². The van der Waals surface area contributed by atoms with E-state index in [2.05, 4.69) is 26.2 Å². The molecular weight excluding hydrogens is 392 g/mol. The highest BCUT2D eigenvalue weighted by atomic mass is 16.2. The van der Waals surface area contributed by atoms with Crippen molar-refractivity contribution < 1.29 is 9.59 Å². The third-order valence-electron chi connectivity index (χ3n) is 4.79. The molecule has 2 amide bonds. The summed E-state index contributed by atoms with van der Waals surface area (Å²) in [6, 6.07) is 23.3. The second kappa shape index (κ2) is 9.00. The summed E-state index contributed by atoms with van der Waals surface area (Å²) in [4.78, 5) is 25.7. The smallest absolute Gasteiger partial charge is 0.255 e. The van der Waals surface area contributed by atoms with Gasteiger partial charge in [0.25, 0.3) is 11.8 Å². The van der Waals surface area contributed by atoms with Gasteiger partial charge in [0, 0.05) is 5.56 Å². The molecule has 0 saturated heterocycles. The zero-order chi connectivity index (χ0) is 21.6. The summed E-state index contributed by atoms with van der Waals surface area (Å²) < 4.78 is 1.46. The van der Waals surface area contributed by atoms with Crippen molar-refractivity contribution in [2.45, 2.75) is 13.0 Å². The number of rotatable bonds is 6. The molecule has 1 unspecified atom stereocenters. The van der Waals surface area contributed by atoms with Crippen molar-refractivity contribution in [1.82, 2.24) is 25.5 Å². The number of anilines is 1. The maximum atomic E-state index is 12.9. The average molecular weight is 412 g/mol. The van der Waals surface area contributed by atoms with Crippen molar-refractivity contribution in [3.05, 3.63) is 102 Å². The van der Waals surface area contributed by atoms with Crippen LogP contribution in [0.5, 0.6) is 0 Å². The number of benzene rings is 3. The minimum atomic E-state index is -0.341. The summed E-state index contributed by atoms with van der Waals surface area (Å²) in [6.07, 6.45) is 1.45. The van der Waals surface area contributed by atoms with Crippen LogP contribution in [-0.4, -0.2) is 32.0 Å². The zero-order valence-corrected chi connectivity index (χ0v) is 16.8. The molecule has 0 radical (unpaired) electrons. The molecule has 31 heavy (non-hydrogen) atoms. The number of amides is 2. The van der Waals surface area contributed by atoms with Crippen LogP contribution in [0.2, 0.25) is 0 Å². The van der Waals surface area contributed by atoms with Gasteiger partial charge in [0.2, 0.25) is 0 Å². The second-order valence-corrected chi connectivity index (χ2v) is 6.91. The van der Waals surface area contributed by atoms with E-state index in [1.54, 1.807) is 48.5 Å². The molecule has 4 aromatic rings. The summed E-state index contributed by atoms with van der Waals surface area (Å²) in [7, 11) is 0. The lowest BCUT2D eigenvalue weighted by atomic mass is 10.1. The summed E-state index contributed by atoms with van der Waals surface area (Å²) in [5, 5.41) is 16.9. The van der Waals surface area contributed by atoms with E-state index in [0.717, 1.165) is 5.56 Å². The van der Waals surface area contributed by atoms with Gasteiger partial charge in [0.05, 0.1) is 23.0 Å². The first-order chi connectivity index (χ1) is 15.1. The van der Waals surface area contributed by atoms with Gasteiger partial charge in [-0.25, -0.2) is 4.68 Å². The molecule has 0 bridgehead atoms. The van der Waals surface area contributed by atoms with Crippen LogP contribution in [0.4, 0.5) is 5.69 Å². The highest BCUT2D eigenvalue weighted by Gasteiger charge is 2.17. The zero-order valence-electron chi connectivity index (χ0n) is 16.8. The molecule has 0 saturated carbocycles. The fraction of sp³-hybridized carbons (Fsp3) is 0.0870. The fourth-order valence-corrected chi connectivity index (χ4v) is 3.15. The van der Waals surface area contributed by atoms with Crippen LogP contribution in [0.15, 0.2) is 85.2 Å². The molecule has 0 fully saturated rings. The van der Waals surface area contributed by atoms with Crippen molar-refractivity contribution in [3.8, 4) is 5.69 Å². The van der Waals surface area contributed by atoms with E-state index in [1.807, 2.05) is 37.3 Å². The molecule has 1 heterocycles. The van der Waals surface area contributed by atoms with Crippen LogP contribution in [0.3, 0.4) is 0 Å². The second-order valence-electron chi connectivity index (χ2n) is 6.91. The number of hydrogen-bond acceptors (Lipinski definition) is 5. The predicted octanol–water partition coefficient (Wildman–Crippen LogP) is 3.41. The van der Waals surface area contributed by atoms with E-state index in [1.165, 1.54) is 11.0 Å². The van der Waals surface area contributed by atoms with Crippen LogP contribution in [0.1, 0.15) is 39.2 Å². The third-order valence-corrected chi connectivity index (χ3v) is 4.79. The van der Waals surface area contributed by atoms with Gasteiger partial charge in [0.1, 0.15) is 6.33 Å². The van der Waals surface area contributed by atoms with E-state index in [-0.39, 0.29) is 17.9 Å². The molecule has 4 rings (SSSR count). The van der Waals surface area contributed by atoms with E-state index < -0.39 is 0 Å². The van der Waals surface area contributed by atoms with Crippen molar-refractivity contribution >= 4 is 17.5 Å². The lowest BCUT2D eigenvalue weighted by Crippen LogP contribution is -2.28. The maximum absolute atomic E-state index is 12.9. The molecule has 1 aromatic heterocycles. The Morgan fingerprint density at radius 2 is 1.68 bits per heavy atom. The molecule has 8 nitrogen and oxygen atoms in total. The Morgan fingerprint density at radius 1 is 0.903 bits per heavy atom. The monoisotopic (exact) mass is 412 g/mol. The van der Waals surface area contributed by atoms with Crippen molar-refractivity contribution in [2.24, 2.45) is 0 Å². The number of carbonyl (C=O) groups excluding carboxylic acids is 2. The third kappa shape index (κ3) is 4.64. The number of nitrogens with one attached hydrogen (secondary N) is 2. The van der Waals surface area contributed by atoms with Gasteiger partial charge < -0.3 is 10.6 Å². The van der Waals surface area contributed by atoms with Gasteiger partial charge in [-0.15, -0.1) is 5.10 Å². The van der Waals surface area contributed by atoms with Gasteiger partial charge in [0.15, 0.2) is 0 Å². The Hall–Kier alpha value is -4.33. The first kappa shape index (κ1) is 20.0. The Balaban J connectivity index is 1.52. The van der Waals surface area contributed by atoms with E-state index in [9.17, 15) is 9.59 Å². The number of para-hydroxylation sites is 1. The molecular formula is C23H20N6O2. The lowest BCUT2D eigenvalue weighted by molar-refractivity contribution is 0.0941. The standard InChI is InChI=1S/C23H20N6O2/c1-16(17-8-3-2-4-9-17)25-23(31)20-12-5-6-13-21(20)26-22(30)18-10-7-11-19(14-18)29-15-24-27-28-29/h2-16H,1H3,(H,25,31)(H,26,30). The topological polar surface area (TPSA) is 102 Å². The average Bonchev–Trinajstić information content (AvgIpc) is 3.35. The Morgan fingerprint density at radius 3 is 2.45 bits per heavy atom. The van der Waals surface area contributed by atoms with Crippen molar-refractivity contribution in [1.29, 1.82) is 0 Å². The van der Waals surface area contributed by atoms with Crippen LogP contribution in [-0.2, 0) is 0 Å². The molecule has 8 heteroatoms. The molecule has 154 valence electrons. The summed E-state index contributed by atoms with van der Waals surface area (Å²) in [5.74, 6) is -0.610. The molecule has 2 N–H and O–H groups in total. The van der Waals surface area contributed by atoms with E-state index in [4.69, 9.17) is 0 Å². The first-order valence-electron chi connectivity index (χ1n) is 9.71. The first-order valence-corrected chi connectivity index (χ1v) is 9.71. The molecule has 0 aliphatic rings. The summed E-state index contributed by atoms with van der Waals surface area (Å²) in [5.41, 5.74) is 2.88. The van der Waals surface area contributed by atoms with Gasteiger partial charge >= 0.3 is 0 Å². The van der Waals surface area contributed by atoms with Crippen LogP contribution >= 0.6 is 0 Å². The molecule has 0 aliphatic carbocycles. The summed E-state index contributed by atoms with van der Waals surface area (Å²) >= 11 is 0. The number of nitrogens with zero attached hydrogens (tertiary/aromatic N) is 4. The van der Waals surface area contributed by atoms with Crippen LogP contribution in [0, 0.1) is 0 Å². The number of aromatic nitrogens is 4. The predicted molar refractivity (Wildman–Crippen MR) is 116 cm³/mol. The van der Waals surface area contributed by atoms with Gasteiger partial charge in [-0.05, 0) is 53.2 Å². The lowest BCUT2D eigenvalue weighted by Gasteiger charge is -2.16. The van der Waals surface area contributed by atoms with E-state index in [0.29, 0.717) is 22.5 Å². The normalized spacial score (nSPS) is 11.5. The van der Waals surface area contributed by atoms with Gasteiger partial charge in [-0.1, -0.05) is 48.5 Å². The SMILES string of the molecule is CC(NC(=O)c1ccccc1NC(=O)c1cccc(-n2cnnn2)c1)c1ccccc1. The highest BCUT2D eigenvalue weighted by Crippen LogP contribution is 2.19. The number of tetrazole rings is 1. The molecule has 0 aliphatic heterocycles. The van der Waals surface area contributed by atoms with Crippen molar-refractivity contribution in [3.63, 3.8) is 0 Å². The van der Waals surface area contributed by atoms with Crippen LogP contribution in [0.25, 0.3) is 5.69 Å². The molecule has 3 aromatic carbocycles. The summed E-state index contributed by atoms with van der Waals surface area (Å²) in [6.45, 7) is 1.92. The molecule has 0 spiro atoms. The Bertz CT molecular complexity index is 1190. The van der Waals surface area contributed by atoms with Gasteiger partial charge in [-0.2, -0.15) is 0 Å². The minimum Gasteiger partial charge on any atom is -0.345 e. The highest BCUT2D eigenvalue weighted by molar-refractivity contribution is 6.09. The minimum absolute atomic E-state index is 0.176. The van der Waals surface area contributed by atoms with Crippen LogP contribution < -0.4 is 10.6 Å². The number of hydrogen-bond donors (Lipinski definition) is 2. The Kier molecular flexibility index (Phi) is 5.79. The fourth-order valence-electron chi connectivity index (χ4n) is 3.15. The number of carbonyl (C=O) groups is 2. The van der Waals surface area contributed by atoms with Crippen molar-refractivity contribution in [2.75, 3.05) is 5.32 Å². The Labute approximate surface area is 178 Å². The van der Waals surface area contributed by atoms with E-state index >= 15 is 0 Å². The largest absolute Gasteiger partial charge is 0.345 e.